The molecule has 0 fully saturated rings. The van der Waals surface area contributed by atoms with Gasteiger partial charge in [0.2, 0.25) is 5.91 Å². The Kier molecular flexibility index (Phi) is 4.57. The molecule has 7 heteroatoms. The van der Waals surface area contributed by atoms with E-state index in [1.165, 1.54) is 12.1 Å². The maximum Gasteiger partial charge on any atom is 0.303 e. The van der Waals surface area contributed by atoms with Gasteiger partial charge in [-0.1, -0.05) is 24.3 Å². The molecule has 0 radical (unpaired) electrons. The largest absolute Gasteiger partial charge is 0.507 e. The van der Waals surface area contributed by atoms with E-state index in [0.29, 0.717) is 0 Å². The van der Waals surface area contributed by atoms with E-state index in [0.717, 1.165) is 10.8 Å². The summed E-state index contributed by atoms with van der Waals surface area (Å²) in [6.07, 6.45) is -0.581. The first kappa shape index (κ1) is 15.3. The molecule has 2 aromatic rings. The van der Waals surface area contributed by atoms with Crippen molar-refractivity contribution < 1.29 is 24.6 Å². The van der Waals surface area contributed by atoms with Crippen LogP contribution in [0.3, 0.4) is 0 Å². The van der Waals surface area contributed by atoms with Crippen LogP contribution in [0.4, 0.5) is 0 Å². The average molecular weight is 302 g/mol. The summed E-state index contributed by atoms with van der Waals surface area (Å²) >= 11 is 0. The van der Waals surface area contributed by atoms with Gasteiger partial charge < -0.3 is 10.2 Å². The van der Waals surface area contributed by atoms with Crippen LogP contribution in [0.1, 0.15) is 23.2 Å². The minimum atomic E-state index is -1.10. The van der Waals surface area contributed by atoms with Crippen LogP contribution in [0, 0.1) is 0 Å². The minimum absolute atomic E-state index is 0.0113. The number of benzene rings is 2. The van der Waals surface area contributed by atoms with E-state index in [9.17, 15) is 19.5 Å². The average Bonchev–Trinajstić information content (AvgIpc) is 2.49. The standard InChI is InChI=1S/C15H14N2O5/c18-12-8-10-4-2-1-3-9(10)7-11(12)15(22)17-16-13(19)5-6-14(20)21/h1-4,7-8,18H,5-6H2,(H,16,19)(H,17,22)(H,20,21). The van der Waals surface area contributed by atoms with E-state index in [1.54, 1.807) is 18.2 Å². The number of phenolic OH excluding ortho intramolecular Hbond substituents is 1. The molecule has 2 rings (SSSR count). The molecule has 0 unspecified atom stereocenters. The molecule has 0 aromatic heterocycles. The van der Waals surface area contributed by atoms with E-state index in [4.69, 9.17) is 5.11 Å². The third kappa shape index (κ3) is 3.72. The highest BCUT2D eigenvalue weighted by Gasteiger charge is 2.13. The number of aliphatic carboxylic acids is 1. The van der Waals surface area contributed by atoms with E-state index in [2.05, 4.69) is 10.9 Å². The number of nitrogens with one attached hydrogen (secondary N) is 2. The molecule has 0 aliphatic heterocycles. The Labute approximate surface area is 125 Å². The second-order valence-corrected chi connectivity index (χ2v) is 4.61. The highest BCUT2D eigenvalue weighted by atomic mass is 16.4. The van der Waals surface area contributed by atoms with Gasteiger partial charge in [-0.05, 0) is 22.9 Å². The maximum absolute atomic E-state index is 11.9. The Morgan fingerprint density at radius 1 is 0.955 bits per heavy atom. The summed E-state index contributed by atoms with van der Waals surface area (Å²) in [5, 5.41) is 19.9. The molecule has 22 heavy (non-hydrogen) atoms. The molecular formula is C15H14N2O5. The fourth-order valence-corrected chi connectivity index (χ4v) is 1.89. The van der Waals surface area contributed by atoms with Gasteiger partial charge in [0.15, 0.2) is 0 Å². The summed E-state index contributed by atoms with van der Waals surface area (Å²) < 4.78 is 0. The zero-order chi connectivity index (χ0) is 16.1. The Morgan fingerprint density at radius 2 is 1.59 bits per heavy atom. The van der Waals surface area contributed by atoms with Gasteiger partial charge >= 0.3 is 5.97 Å². The predicted octanol–water partition coefficient (Wildman–Crippen LogP) is 1.17. The number of aromatic hydroxyl groups is 1. The van der Waals surface area contributed by atoms with Gasteiger partial charge in [0.05, 0.1) is 12.0 Å². The Balaban J connectivity index is 2.05. The summed E-state index contributed by atoms with van der Waals surface area (Å²) in [6, 6.07) is 10.2. The molecule has 0 saturated carbocycles. The van der Waals surface area contributed by atoms with Gasteiger partial charge in [0, 0.05) is 6.42 Å². The van der Waals surface area contributed by atoms with E-state index >= 15 is 0 Å². The molecule has 0 saturated heterocycles. The van der Waals surface area contributed by atoms with Crippen LogP contribution in [0.5, 0.6) is 5.75 Å². The summed E-state index contributed by atoms with van der Waals surface area (Å²) in [5.41, 5.74) is 4.25. The Bertz CT molecular complexity index is 742. The first-order chi connectivity index (χ1) is 10.5. The first-order valence-electron chi connectivity index (χ1n) is 6.50. The topological polar surface area (TPSA) is 116 Å². The van der Waals surface area contributed by atoms with Gasteiger partial charge in [0.1, 0.15) is 5.75 Å². The predicted molar refractivity (Wildman–Crippen MR) is 78.1 cm³/mol. The van der Waals surface area contributed by atoms with E-state index in [-0.39, 0.29) is 24.2 Å². The highest BCUT2D eigenvalue weighted by Crippen LogP contribution is 2.24. The Morgan fingerprint density at radius 3 is 2.23 bits per heavy atom. The SMILES string of the molecule is O=C(O)CCC(=O)NNC(=O)c1cc2ccccc2cc1O. The second-order valence-electron chi connectivity index (χ2n) is 4.61. The normalized spacial score (nSPS) is 10.2. The lowest BCUT2D eigenvalue weighted by atomic mass is 10.1. The van der Waals surface area contributed by atoms with E-state index in [1.807, 2.05) is 6.07 Å². The van der Waals surface area contributed by atoms with Crippen molar-refractivity contribution in [2.45, 2.75) is 12.8 Å². The lowest BCUT2D eigenvalue weighted by molar-refractivity contribution is -0.138. The van der Waals surface area contributed by atoms with Crippen LogP contribution in [0.2, 0.25) is 0 Å². The number of rotatable bonds is 4. The molecule has 114 valence electrons. The van der Waals surface area contributed by atoms with Crippen molar-refractivity contribution in [1.29, 1.82) is 0 Å². The number of hydrogen-bond acceptors (Lipinski definition) is 4. The molecule has 0 aliphatic carbocycles. The van der Waals surface area contributed by atoms with Crippen LogP contribution in [0.15, 0.2) is 36.4 Å². The molecule has 7 nitrogen and oxygen atoms in total. The number of carboxylic acid groups (broad SMARTS) is 1. The lowest BCUT2D eigenvalue weighted by Gasteiger charge is -2.09. The van der Waals surface area contributed by atoms with Gasteiger partial charge in [-0.15, -0.1) is 0 Å². The number of hydrazine groups is 1. The molecule has 0 bridgehead atoms. The molecule has 2 aromatic carbocycles. The summed E-state index contributed by atoms with van der Waals surface area (Å²) in [4.78, 5) is 33.6. The van der Waals surface area contributed by atoms with Gasteiger partial charge in [-0.3, -0.25) is 25.2 Å². The number of amides is 2. The van der Waals surface area contributed by atoms with Crippen molar-refractivity contribution in [2.75, 3.05) is 0 Å². The number of carbonyl (C=O) groups excluding carboxylic acids is 2. The molecule has 2 amide bonds. The first-order valence-corrected chi connectivity index (χ1v) is 6.50. The fourth-order valence-electron chi connectivity index (χ4n) is 1.89. The van der Waals surface area contributed by atoms with Crippen LogP contribution in [-0.2, 0) is 9.59 Å². The second kappa shape index (κ2) is 6.57. The highest BCUT2D eigenvalue weighted by molar-refractivity contribution is 6.02. The van der Waals surface area contributed by atoms with Gasteiger partial charge in [-0.2, -0.15) is 0 Å². The van der Waals surface area contributed by atoms with Gasteiger partial charge in [-0.25, -0.2) is 0 Å². The van der Waals surface area contributed by atoms with Crippen LogP contribution < -0.4 is 10.9 Å². The van der Waals surface area contributed by atoms with Gasteiger partial charge in [0.25, 0.3) is 5.91 Å². The maximum atomic E-state index is 11.9. The molecular weight excluding hydrogens is 288 g/mol. The van der Waals surface area contributed by atoms with Crippen molar-refractivity contribution in [1.82, 2.24) is 10.9 Å². The van der Waals surface area contributed by atoms with Crippen molar-refractivity contribution in [3.63, 3.8) is 0 Å². The zero-order valence-electron chi connectivity index (χ0n) is 11.5. The molecule has 0 heterocycles. The van der Waals surface area contributed by atoms with E-state index < -0.39 is 17.8 Å². The van der Waals surface area contributed by atoms with Crippen molar-refractivity contribution in [3.05, 3.63) is 42.0 Å². The number of hydrogen-bond donors (Lipinski definition) is 4. The molecule has 0 atom stereocenters. The zero-order valence-corrected chi connectivity index (χ0v) is 11.5. The van der Waals surface area contributed by atoms with Crippen LogP contribution in [-0.4, -0.2) is 28.0 Å². The molecule has 0 aliphatic rings. The third-order valence-electron chi connectivity index (χ3n) is 2.99. The van der Waals surface area contributed by atoms with Crippen molar-refractivity contribution in [2.24, 2.45) is 0 Å². The molecule has 0 spiro atoms. The number of fused-ring (bicyclic) bond motifs is 1. The molecule has 4 N–H and O–H groups in total. The lowest BCUT2D eigenvalue weighted by Crippen LogP contribution is -2.41. The smallest absolute Gasteiger partial charge is 0.303 e. The number of carbonyl (C=O) groups is 3. The fraction of sp³-hybridized carbons (Fsp3) is 0.133. The monoisotopic (exact) mass is 302 g/mol. The summed E-state index contributed by atoms with van der Waals surface area (Å²) in [6.45, 7) is 0. The minimum Gasteiger partial charge on any atom is -0.507 e. The van der Waals surface area contributed by atoms with Crippen molar-refractivity contribution in [3.8, 4) is 5.75 Å². The summed E-state index contributed by atoms with van der Waals surface area (Å²) in [7, 11) is 0. The van der Waals surface area contributed by atoms with Crippen LogP contribution >= 0.6 is 0 Å². The quantitative estimate of drug-likeness (QED) is 0.633. The Hall–Kier alpha value is -3.09. The number of carboxylic acids is 1. The third-order valence-corrected chi connectivity index (χ3v) is 2.99. The summed E-state index contributed by atoms with van der Waals surface area (Å²) in [5.74, 6) is -2.63. The number of phenols is 1. The van der Waals surface area contributed by atoms with Crippen LogP contribution in [0.25, 0.3) is 10.8 Å². The van der Waals surface area contributed by atoms with Crippen molar-refractivity contribution >= 4 is 28.6 Å².